The van der Waals surface area contributed by atoms with E-state index in [0.717, 1.165) is 50.1 Å². The van der Waals surface area contributed by atoms with E-state index in [0.29, 0.717) is 5.92 Å². The third kappa shape index (κ3) is 4.69. The summed E-state index contributed by atoms with van der Waals surface area (Å²) in [6.07, 6.45) is 7.81. The molecule has 4 nitrogen and oxygen atoms in total. The largest absolute Gasteiger partial charge is 0.331 e. The minimum absolute atomic E-state index is 0.482. The first-order valence-corrected chi connectivity index (χ1v) is 12.0. The molecule has 0 bridgehead atoms. The molecule has 0 amide bonds. The van der Waals surface area contributed by atoms with Gasteiger partial charge < -0.3 is 9.88 Å². The highest BCUT2D eigenvalue weighted by Crippen LogP contribution is 2.32. The molecular weight excluding hydrogens is 424 g/mol. The number of thiazole rings is 1. The molecule has 0 saturated carbocycles. The molecule has 0 aliphatic heterocycles. The number of imidazole rings is 1. The van der Waals surface area contributed by atoms with Crippen molar-refractivity contribution in [1.29, 1.82) is 0 Å². The van der Waals surface area contributed by atoms with Crippen molar-refractivity contribution >= 4 is 38.8 Å². The number of benzene rings is 2. The molecule has 4 aromatic rings. The Balaban J connectivity index is 1.69. The highest BCUT2D eigenvalue weighted by molar-refractivity contribution is 7.13. The summed E-state index contributed by atoms with van der Waals surface area (Å²) in [5, 5.41) is 6.41. The van der Waals surface area contributed by atoms with E-state index >= 15 is 0 Å². The Kier molecular flexibility index (Phi) is 6.61. The first-order chi connectivity index (χ1) is 15.9. The highest BCUT2D eigenvalue weighted by atomic mass is 32.1. The number of anilines is 2. The zero-order valence-electron chi connectivity index (χ0n) is 19.9. The third-order valence-corrected chi connectivity index (χ3v) is 6.48. The molecule has 1 N–H and O–H groups in total. The Hall–Kier alpha value is -3.44. The maximum Gasteiger partial charge on any atom is 0.187 e. The van der Waals surface area contributed by atoms with Crippen molar-refractivity contribution in [3.8, 4) is 11.4 Å². The minimum atomic E-state index is 0.482. The molecule has 0 saturated heterocycles. The van der Waals surface area contributed by atoms with Crippen LogP contribution in [0, 0.1) is 6.92 Å². The van der Waals surface area contributed by atoms with Gasteiger partial charge in [-0.1, -0.05) is 62.9 Å². The summed E-state index contributed by atoms with van der Waals surface area (Å²) in [6, 6.07) is 13.0. The van der Waals surface area contributed by atoms with Crippen LogP contribution in [-0.4, -0.2) is 14.5 Å². The molecule has 2 aromatic carbocycles. The highest BCUT2D eigenvalue weighted by Gasteiger charge is 2.14. The summed E-state index contributed by atoms with van der Waals surface area (Å²) < 4.78 is 2.18. The number of hydrogen-bond acceptors (Lipinski definition) is 4. The fourth-order valence-electron chi connectivity index (χ4n) is 3.88. The first kappa shape index (κ1) is 22.7. The number of nitrogens with one attached hydrogen (secondary N) is 1. The van der Waals surface area contributed by atoms with Crippen LogP contribution in [0.4, 0.5) is 10.8 Å². The molecule has 0 radical (unpaired) electrons. The van der Waals surface area contributed by atoms with Gasteiger partial charge in [0.2, 0.25) is 0 Å². The smallest absolute Gasteiger partial charge is 0.187 e. The van der Waals surface area contributed by atoms with Crippen LogP contribution in [-0.2, 0) is 7.05 Å². The molecule has 0 aliphatic rings. The monoisotopic (exact) mass is 454 g/mol. The van der Waals surface area contributed by atoms with Crippen LogP contribution >= 0.6 is 11.3 Å². The van der Waals surface area contributed by atoms with Gasteiger partial charge >= 0.3 is 0 Å². The van der Waals surface area contributed by atoms with Gasteiger partial charge in [-0.3, -0.25) is 0 Å². The summed E-state index contributed by atoms with van der Waals surface area (Å²) in [6.45, 7) is 12.4. The van der Waals surface area contributed by atoms with Gasteiger partial charge in [0.25, 0.3) is 0 Å². The van der Waals surface area contributed by atoms with E-state index in [4.69, 9.17) is 9.97 Å². The summed E-state index contributed by atoms with van der Waals surface area (Å²) in [4.78, 5) is 9.76. The predicted octanol–water partition coefficient (Wildman–Crippen LogP) is 8.02. The molecule has 168 valence electrons. The topological polar surface area (TPSA) is 42.7 Å². The molecule has 0 atom stereocenters. The Morgan fingerprint density at radius 3 is 2.73 bits per heavy atom. The third-order valence-electron chi connectivity index (χ3n) is 5.72. The number of nitrogens with zero attached hydrogens (tertiary/aromatic N) is 3. The average molecular weight is 455 g/mol. The van der Waals surface area contributed by atoms with E-state index < -0.39 is 0 Å². The van der Waals surface area contributed by atoms with Crippen LogP contribution in [0.3, 0.4) is 0 Å². The lowest BCUT2D eigenvalue weighted by Crippen LogP contribution is -1.96. The van der Waals surface area contributed by atoms with Crippen LogP contribution in [0.5, 0.6) is 0 Å². The number of aryl methyl sites for hydroxylation is 2. The fourth-order valence-corrected chi connectivity index (χ4v) is 4.62. The number of hydrogen-bond donors (Lipinski definition) is 1. The van der Waals surface area contributed by atoms with Crippen LogP contribution in [0.15, 0.2) is 72.7 Å². The molecule has 2 aromatic heterocycles. The Labute approximate surface area is 200 Å². The minimum Gasteiger partial charge on any atom is -0.331 e. The molecule has 33 heavy (non-hydrogen) atoms. The second-order valence-electron chi connectivity index (χ2n) is 8.45. The standard InChI is InChI=1S/C28H30N4S/c1-7-10-20(11-8-2)25-17-33-28(31-25)30-23-16-24-26(14-19(23)5)32(6)27(29-24)22-13-9-12-21(15-22)18(3)4/h7-18H,1H2,2-6H3,(H,30,31). The molecule has 2 heterocycles. The Morgan fingerprint density at radius 1 is 1.18 bits per heavy atom. The maximum atomic E-state index is 4.99. The summed E-state index contributed by atoms with van der Waals surface area (Å²) in [7, 11) is 2.08. The van der Waals surface area contributed by atoms with Gasteiger partial charge in [-0.2, -0.15) is 0 Å². The van der Waals surface area contributed by atoms with Crippen LogP contribution in [0.2, 0.25) is 0 Å². The van der Waals surface area contributed by atoms with Crippen molar-refractivity contribution in [3.63, 3.8) is 0 Å². The van der Waals surface area contributed by atoms with Crippen molar-refractivity contribution in [1.82, 2.24) is 14.5 Å². The zero-order valence-corrected chi connectivity index (χ0v) is 20.7. The van der Waals surface area contributed by atoms with E-state index in [1.165, 1.54) is 5.56 Å². The number of rotatable bonds is 7. The van der Waals surface area contributed by atoms with E-state index in [1.54, 1.807) is 17.4 Å². The van der Waals surface area contributed by atoms with Gasteiger partial charge in [0.05, 0.1) is 16.7 Å². The number of allylic oxidation sites excluding steroid dienone is 5. The number of fused-ring (bicyclic) bond motifs is 1. The Morgan fingerprint density at radius 2 is 2.00 bits per heavy atom. The van der Waals surface area contributed by atoms with Gasteiger partial charge in [-0.25, -0.2) is 9.97 Å². The molecule has 0 aliphatic carbocycles. The zero-order chi connectivity index (χ0) is 23.5. The summed E-state index contributed by atoms with van der Waals surface area (Å²) in [5.41, 5.74) is 8.69. The van der Waals surface area contributed by atoms with Crippen molar-refractivity contribution in [2.75, 3.05) is 5.32 Å². The molecular formula is C28H30N4S. The summed E-state index contributed by atoms with van der Waals surface area (Å²) >= 11 is 1.59. The maximum absolute atomic E-state index is 4.99. The molecule has 0 unspecified atom stereocenters. The van der Waals surface area contributed by atoms with Gasteiger partial charge in [0.15, 0.2) is 5.13 Å². The van der Waals surface area contributed by atoms with Crippen LogP contribution < -0.4 is 5.32 Å². The molecule has 4 rings (SSSR count). The van der Waals surface area contributed by atoms with Crippen molar-refractivity contribution < 1.29 is 0 Å². The molecule has 0 spiro atoms. The van der Waals surface area contributed by atoms with Crippen molar-refractivity contribution in [2.24, 2.45) is 7.05 Å². The van der Waals surface area contributed by atoms with Crippen molar-refractivity contribution in [2.45, 2.75) is 33.6 Å². The van der Waals surface area contributed by atoms with Gasteiger partial charge in [0, 0.05) is 29.3 Å². The first-order valence-electron chi connectivity index (χ1n) is 11.2. The second-order valence-corrected chi connectivity index (χ2v) is 9.31. The lowest BCUT2D eigenvalue weighted by atomic mass is 10.0. The molecule has 0 fully saturated rings. The lowest BCUT2D eigenvalue weighted by Gasteiger charge is -2.09. The van der Waals surface area contributed by atoms with E-state index in [-0.39, 0.29) is 0 Å². The van der Waals surface area contributed by atoms with Crippen LogP contribution in [0.1, 0.15) is 43.5 Å². The predicted molar refractivity (Wildman–Crippen MR) is 143 cm³/mol. The fraction of sp³-hybridized carbons (Fsp3) is 0.214. The number of aromatic nitrogens is 3. The molecule has 5 heteroatoms. The summed E-state index contributed by atoms with van der Waals surface area (Å²) in [5.74, 6) is 1.46. The second kappa shape index (κ2) is 9.59. The van der Waals surface area contributed by atoms with E-state index in [1.807, 2.05) is 25.2 Å². The van der Waals surface area contributed by atoms with Crippen molar-refractivity contribution in [3.05, 3.63) is 89.5 Å². The lowest BCUT2D eigenvalue weighted by molar-refractivity contribution is 0.865. The van der Waals surface area contributed by atoms with Gasteiger partial charge in [-0.05, 0) is 49.1 Å². The SMILES string of the molecule is C=CC=C(C=CC)c1csc(Nc2cc3nc(-c4cccc(C(C)C)c4)n(C)c3cc2C)n1. The van der Waals surface area contributed by atoms with E-state index in [9.17, 15) is 0 Å². The van der Waals surface area contributed by atoms with E-state index in [2.05, 4.69) is 86.1 Å². The quantitative estimate of drug-likeness (QED) is 0.288. The van der Waals surface area contributed by atoms with Gasteiger partial charge in [-0.15, -0.1) is 11.3 Å². The Bertz CT molecular complexity index is 1370. The van der Waals surface area contributed by atoms with Gasteiger partial charge in [0.1, 0.15) is 5.82 Å². The average Bonchev–Trinajstić information content (AvgIpc) is 3.39. The van der Waals surface area contributed by atoms with Crippen LogP contribution in [0.25, 0.3) is 28.0 Å². The normalized spacial score (nSPS) is 12.2.